The zero-order valence-electron chi connectivity index (χ0n) is 11.5. The van der Waals surface area contributed by atoms with Crippen LogP contribution in [0.4, 0.5) is 0 Å². The zero-order valence-corrected chi connectivity index (χ0v) is 13.2. The second-order valence-corrected chi connectivity index (χ2v) is 8.91. The number of hydrogen-bond acceptors (Lipinski definition) is 6. The van der Waals surface area contributed by atoms with Crippen molar-refractivity contribution < 1.29 is 8.42 Å². The molecule has 6 nitrogen and oxygen atoms in total. The zero-order chi connectivity index (χ0) is 15.3. The van der Waals surface area contributed by atoms with Gasteiger partial charge < -0.3 is 0 Å². The van der Waals surface area contributed by atoms with Crippen LogP contribution in [0, 0.1) is 0 Å². The molecule has 0 radical (unpaired) electrons. The Labute approximate surface area is 131 Å². The first-order chi connectivity index (χ1) is 10.5. The molecule has 22 heavy (non-hydrogen) atoms. The van der Waals surface area contributed by atoms with Gasteiger partial charge in [-0.2, -0.15) is 10.1 Å². The fourth-order valence-electron chi connectivity index (χ4n) is 2.89. The molecule has 2 aliphatic heterocycles. The first-order valence-electron chi connectivity index (χ1n) is 6.92. The Morgan fingerprint density at radius 3 is 2.77 bits per heavy atom. The van der Waals surface area contributed by atoms with Gasteiger partial charge in [0, 0.05) is 6.42 Å². The molecule has 3 heterocycles. The van der Waals surface area contributed by atoms with E-state index in [0.717, 1.165) is 5.56 Å². The van der Waals surface area contributed by atoms with Crippen LogP contribution in [0.25, 0.3) is 0 Å². The molecule has 0 saturated carbocycles. The third-order valence-corrected chi connectivity index (χ3v) is 7.13. The average molecular weight is 335 g/mol. The average Bonchev–Trinajstić information content (AvgIpc) is 2.92. The van der Waals surface area contributed by atoms with Crippen molar-refractivity contribution in [3.8, 4) is 0 Å². The fourth-order valence-corrected chi connectivity index (χ4v) is 6.72. The normalized spacial score (nSPS) is 24.9. The summed E-state index contributed by atoms with van der Waals surface area (Å²) in [6.07, 6.45) is 0.405. The van der Waals surface area contributed by atoms with Crippen LogP contribution >= 0.6 is 11.8 Å². The third-order valence-electron chi connectivity index (χ3n) is 3.93. The summed E-state index contributed by atoms with van der Waals surface area (Å²) in [4.78, 5) is 16.2. The Bertz CT molecular complexity index is 893. The first kappa shape index (κ1) is 14.0. The largest absolute Gasteiger partial charge is 0.295 e. The van der Waals surface area contributed by atoms with Crippen molar-refractivity contribution in [3.05, 3.63) is 51.9 Å². The standard InChI is InChI=1S/C14H13N3O3S2/c18-13-10(6-9-4-2-1-3-5-9)16-17-11-7-22(19,20)8-12(11)21-14(17)15-13/h1-5,11-12H,6-8H2. The molecule has 4 rings (SSSR count). The number of aromatic nitrogens is 3. The third kappa shape index (κ3) is 2.36. The Kier molecular flexibility index (Phi) is 3.12. The van der Waals surface area contributed by atoms with Gasteiger partial charge in [-0.3, -0.25) is 4.79 Å². The molecule has 1 aromatic carbocycles. The van der Waals surface area contributed by atoms with E-state index in [2.05, 4.69) is 10.1 Å². The van der Waals surface area contributed by atoms with Crippen molar-refractivity contribution in [2.45, 2.75) is 22.9 Å². The fraction of sp³-hybridized carbons (Fsp3) is 0.357. The molecular formula is C14H13N3O3S2. The van der Waals surface area contributed by atoms with Gasteiger partial charge in [0.1, 0.15) is 5.69 Å². The number of rotatable bonds is 2. The molecule has 1 fully saturated rings. The van der Waals surface area contributed by atoms with Crippen molar-refractivity contribution in [3.63, 3.8) is 0 Å². The minimum atomic E-state index is -3.02. The highest BCUT2D eigenvalue weighted by atomic mass is 32.2. The maximum atomic E-state index is 12.1. The van der Waals surface area contributed by atoms with E-state index in [0.29, 0.717) is 17.3 Å². The van der Waals surface area contributed by atoms with Gasteiger partial charge in [-0.05, 0) is 5.56 Å². The molecular weight excluding hydrogens is 322 g/mol. The van der Waals surface area contributed by atoms with Crippen LogP contribution in [0.3, 0.4) is 0 Å². The Hall–Kier alpha value is -1.67. The lowest BCUT2D eigenvalue weighted by Gasteiger charge is -2.10. The van der Waals surface area contributed by atoms with Crippen LogP contribution in [-0.2, 0) is 16.3 Å². The predicted octanol–water partition coefficient (Wildman–Crippen LogP) is 0.673. The Balaban J connectivity index is 1.72. The molecule has 114 valence electrons. The van der Waals surface area contributed by atoms with Crippen LogP contribution in [0.2, 0.25) is 0 Å². The molecule has 0 spiro atoms. The molecule has 0 bridgehead atoms. The van der Waals surface area contributed by atoms with Gasteiger partial charge in [0.15, 0.2) is 15.0 Å². The summed E-state index contributed by atoms with van der Waals surface area (Å²) >= 11 is 1.35. The van der Waals surface area contributed by atoms with E-state index in [4.69, 9.17) is 0 Å². The molecule has 2 atom stereocenters. The van der Waals surface area contributed by atoms with Crippen LogP contribution < -0.4 is 5.56 Å². The summed E-state index contributed by atoms with van der Waals surface area (Å²) in [5.41, 5.74) is 1.02. The van der Waals surface area contributed by atoms with Crippen LogP contribution in [0.5, 0.6) is 0 Å². The molecule has 0 aliphatic carbocycles. The lowest BCUT2D eigenvalue weighted by molar-refractivity contribution is 0.453. The summed E-state index contributed by atoms with van der Waals surface area (Å²) < 4.78 is 25.2. The highest BCUT2D eigenvalue weighted by Crippen LogP contribution is 2.43. The van der Waals surface area contributed by atoms with Crippen molar-refractivity contribution in [1.29, 1.82) is 0 Å². The molecule has 2 unspecified atom stereocenters. The van der Waals surface area contributed by atoms with E-state index >= 15 is 0 Å². The van der Waals surface area contributed by atoms with Gasteiger partial charge in [0.25, 0.3) is 5.56 Å². The molecule has 0 N–H and O–H groups in total. The Morgan fingerprint density at radius 1 is 1.23 bits per heavy atom. The lowest BCUT2D eigenvalue weighted by Crippen LogP contribution is -2.25. The van der Waals surface area contributed by atoms with Gasteiger partial charge >= 0.3 is 0 Å². The SMILES string of the molecule is O=c1nc2n(nc1Cc1ccccc1)C1CS(=O)(=O)CC1S2. The van der Waals surface area contributed by atoms with Crippen molar-refractivity contribution in [2.75, 3.05) is 11.5 Å². The van der Waals surface area contributed by atoms with Gasteiger partial charge in [0.05, 0.1) is 22.8 Å². The van der Waals surface area contributed by atoms with Gasteiger partial charge in [-0.25, -0.2) is 13.1 Å². The second-order valence-electron chi connectivity index (χ2n) is 5.55. The van der Waals surface area contributed by atoms with Crippen molar-refractivity contribution in [1.82, 2.24) is 14.8 Å². The van der Waals surface area contributed by atoms with E-state index < -0.39 is 9.84 Å². The smallest absolute Gasteiger partial charge is 0.265 e. The summed E-state index contributed by atoms with van der Waals surface area (Å²) in [6, 6.07) is 9.38. The van der Waals surface area contributed by atoms with Crippen molar-refractivity contribution in [2.24, 2.45) is 0 Å². The summed E-state index contributed by atoms with van der Waals surface area (Å²) in [6.45, 7) is 0. The quantitative estimate of drug-likeness (QED) is 0.802. The highest BCUT2D eigenvalue weighted by Gasteiger charge is 2.46. The highest BCUT2D eigenvalue weighted by molar-refractivity contribution is 8.02. The molecule has 1 aromatic heterocycles. The number of fused-ring (bicyclic) bond motifs is 3. The summed E-state index contributed by atoms with van der Waals surface area (Å²) in [5.74, 6) is 0.218. The molecule has 8 heteroatoms. The molecule has 2 aliphatic rings. The monoisotopic (exact) mass is 335 g/mol. The predicted molar refractivity (Wildman–Crippen MR) is 82.9 cm³/mol. The van der Waals surface area contributed by atoms with Crippen LogP contribution in [-0.4, -0.2) is 39.9 Å². The first-order valence-corrected chi connectivity index (χ1v) is 9.63. The minimum Gasteiger partial charge on any atom is -0.265 e. The van der Waals surface area contributed by atoms with E-state index in [1.807, 2.05) is 30.3 Å². The Morgan fingerprint density at radius 2 is 2.00 bits per heavy atom. The molecule has 2 aromatic rings. The number of nitrogens with zero attached hydrogens (tertiary/aromatic N) is 3. The minimum absolute atomic E-state index is 0.0728. The second kappa shape index (κ2) is 4.92. The summed E-state index contributed by atoms with van der Waals surface area (Å²) in [7, 11) is -3.02. The van der Waals surface area contributed by atoms with Crippen molar-refractivity contribution >= 4 is 21.6 Å². The topological polar surface area (TPSA) is 81.9 Å². The van der Waals surface area contributed by atoms with Gasteiger partial charge in [-0.15, -0.1) is 0 Å². The van der Waals surface area contributed by atoms with E-state index in [9.17, 15) is 13.2 Å². The molecule has 1 saturated heterocycles. The van der Waals surface area contributed by atoms with Gasteiger partial charge in [-0.1, -0.05) is 42.1 Å². The van der Waals surface area contributed by atoms with Crippen LogP contribution in [0.1, 0.15) is 17.3 Å². The maximum absolute atomic E-state index is 12.1. The van der Waals surface area contributed by atoms with E-state index in [-0.39, 0.29) is 28.4 Å². The summed E-state index contributed by atoms with van der Waals surface area (Å²) in [5, 5.41) is 4.87. The van der Waals surface area contributed by atoms with Crippen LogP contribution in [0.15, 0.2) is 40.3 Å². The van der Waals surface area contributed by atoms with E-state index in [1.165, 1.54) is 11.8 Å². The van der Waals surface area contributed by atoms with E-state index in [1.54, 1.807) is 4.68 Å². The number of benzene rings is 1. The number of thioether (sulfide) groups is 1. The maximum Gasteiger partial charge on any atom is 0.295 e. The number of hydrogen-bond donors (Lipinski definition) is 0. The molecule has 0 amide bonds. The number of sulfone groups is 1. The van der Waals surface area contributed by atoms with Gasteiger partial charge in [0.2, 0.25) is 0 Å². The lowest BCUT2D eigenvalue weighted by atomic mass is 10.1.